The maximum Gasteiger partial charge on any atom is 0.319 e. The first kappa shape index (κ1) is 15.1. The highest BCUT2D eigenvalue weighted by Gasteiger charge is 2.17. The highest BCUT2D eigenvalue weighted by Crippen LogP contribution is 2.25. The lowest BCUT2D eigenvalue weighted by atomic mass is 10.2. The van der Waals surface area contributed by atoms with Gasteiger partial charge in [-0.15, -0.1) is 10.2 Å². The van der Waals surface area contributed by atoms with Gasteiger partial charge in [-0.1, -0.05) is 18.2 Å². The normalized spacial score (nSPS) is 13.0. The second-order valence-electron chi connectivity index (χ2n) is 5.61. The lowest BCUT2D eigenvalue weighted by Crippen LogP contribution is -2.29. The Morgan fingerprint density at radius 1 is 1.29 bits per heavy atom. The summed E-state index contributed by atoms with van der Waals surface area (Å²) in [6.45, 7) is 1.26. The van der Waals surface area contributed by atoms with Gasteiger partial charge < -0.3 is 15.2 Å². The van der Waals surface area contributed by atoms with E-state index in [9.17, 15) is 4.79 Å². The summed E-state index contributed by atoms with van der Waals surface area (Å²) in [5.41, 5.74) is 1.49. The number of para-hydroxylation sites is 1. The highest BCUT2D eigenvalue weighted by molar-refractivity contribution is 9.10. The molecule has 0 bridgehead atoms. The van der Waals surface area contributed by atoms with Gasteiger partial charge in [0.2, 0.25) is 0 Å². The molecule has 122 valence electrons. The quantitative estimate of drug-likeness (QED) is 0.677. The molecule has 1 aliphatic heterocycles. The van der Waals surface area contributed by atoms with Crippen LogP contribution in [0.3, 0.4) is 0 Å². The van der Waals surface area contributed by atoms with E-state index >= 15 is 0 Å². The molecule has 24 heavy (non-hydrogen) atoms. The molecule has 0 aliphatic carbocycles. The van der Waals surface area contributed by atoms with Crippen LogP contribution < -0.4 is 10.6 Å². The SMILES string of the molecule is O=C(NCc1nnc2n1CCC2)Nc1cc2ccccc2nc1Br. The number of carbonyl (C=O) groups is 1. The summed E-state index contributed by atoms with van der Waals surface area (Å²) in [4.78, 5) is 16.6. The molecule has 1 aliphatic rings. The van der Waals surface area contributed by atoms with Gasteiger partial charge >= 0.3 is 6.03 Å². The third-order valence-electron chi connectivity index (χ3n) is 4.02. The summed E-state index contributed by atoms with van der Waals surface area (Å²) in [7, 11) is 0. The van der Waals surface area contributed by atoms with E-state index in [0.717, 1.165) is 41.9 Å². The first-order valence-electron chi connectivity index (χ1n) is 7.72. The van der Waals surface area contributed by atoms with Crippen molar-refractivity contribution in [3.8, 4) is 0 Å². The van der Waals surface area contributed by atoms with Gasteiger partial charge in [0.15, 0.2) is 5.82 Å². The molecule has 0 saturated heterocycles. The molecule has 0 saturated carbocycles. The van der Waals surface area contributed by atoms with Crippen LogP contribution in [0.5, 0.6) is 0 Å². The van der Waals surface area contributed by atoms with E-state index in [1.54, 1.807) is 0 Å². The molecule has 2 aromatic heterocycles. The molecule has 2 N–H and O–H groups in total. The smallest absolute Gasteiger partial charge is 0.319 e. The second kappa shape index (κ2) is 6.20. The number of nitrogens with one attached hydrogen (secondary N) is 2. The van der Waals surface area contributed by atoms with E-state index in [1.807, 2.05) is 30.3 Å². The number of urea groups is 1. The van der Waals surface area contributed by atoms with Crippen LogP contribution in [0.1, 0.15) is 18.1 Å². The van der Waals surface area contributed by atoms with Crippen LogP contribution in [0.2, 0.25) is 0 Å². The van der Waals surface area contributed by atoms with E-state index in [4.69, 9.17) is 0 Å². The van der Waals surface area contributed by atoms with Crippen LogP contribution in [-0.2, 0) is 19.5 Å². The van der Waals surface area contributed by atoms with E-state index in [-0.39, 0.29) is 6.03 Å². The summed E-state index contributed by atoms with van der Waals surface area (Å²) >= 11 is 3.40. The fraction of sp³-hybridized carbons (Fsp3) is 0.250. The van der Waals surface area contributed by atoms with Gasteiger partial charge in [-0.05, 0) is 34.5 Å². The molecule has 3 aromatic rings. The summed E-state index contributed by atoms with van der Waals surface area (Å²) < 4.78 is 2.66. The summed E-state index contributed by atoms with van der Waals surface area (Å²) in [5, 5.41) is 14.9. The predicted octanol–water partition coefficient (Wildman–Crippen LogP) is 2.86. The number of halogens is 1. The Hall–Kier alpha value is -2.48. The van der Waals surface area contributed by atoms with Gasteiger partial charge in [-0.25, -0.2) is 9.78 Å². The maximum absolute atomic E-state index is 12.2. The number of amides is 2. The third kappa shape index (κ3) is 2.84. The predicted molar refractivity (Wildman–Crippen MR) is 93.6 cm³/mol. The minimum Gasteiger partial charge on any atom is -0.331 e. The molecular formula is C16H15BrN6O. The van der Waals surface area contributed by atoms with Crippen molar-refractivity contribution in [3.05, 3.63) is 46.6 Å². The lowest BCUT2D eigenvalue weighted by Gasteiger charge is -2.10. The van der Waals surface area contributed by atoms with Crippen molar-refractivity contribution in [1.82, 2.24) is 25.1 Å². The van der Waals surface area contributed by atoms with Gasteiger partial charge in [0.25, 0.3) is 0 Å². The molecule has 0 atom stereocenters. The number of hydrogen-bond acceptors (Lipinski definition) is 4. The minimum absolute atomic E-state index is 0.303. The van der Waals surface area contributed by atoms with Crippen LogP contribution in [0.25, 0.3) is 10.9 Å². The van der Waals surface area contributed by atoms with Gasteiger partial charge in [-0.3, -0.25) is 0 Å². The van der Waals surface area contributed by atoms with E-state index in [1.165, 1.54) is 0 Å². The fourth-order valence-electron chi connectivity index (χ4n) is 2.85. The average Bonchev–Trinajstić information content (AvgIpc) is 3.17. The molecule has 0 fully saturated rings. The third-order valence-corrected chi connectivity index (χ3v) is 4.62. The highest BCUT2D eigenvalue weighted by atomic mass is 79.9. The van der Waals surface area contributed by atoms with Crippen LogP contribution in [0.15, 0.2) is 34.9 Å². The summed E-state index contributed by atoms with van der Waals surface area (Å²) in [6.07, 6.45) is 2.04. The Morgan fingerprint density at radius 3 is 3.08 bits per heavy atom. The van der Waals surface area contributed by atoms with Gasteiger partial charge in [-0.2, -0.15) is 0 Å². The number of anilines is 1. The molecule has 0 spiro atoms. The number of aromatic nitrogens is 4. The van der Waals surface area contributed by atoms with Crippen molar-refractivity contribution in [2.75, 3.05) is 5.32 Å². The zero-order chi connectivity index (χ0) is 16.5. The van der Waals surface area contributed by atoms with Crippen LogP contribution in [0.4, 0.5) is 10.5 Å². The van der Waals surface area contributed by atoms with Crippen molar-refractivity contribution >= 4 is 38.6 Å². The average molecular weight is 387 g/mol. The number of pyridine rings is 1. The number of carbonyl (C=O) groups excluding carboxylic acids is 1. The van der Waals surface area contributed by atoms with E-state index in [2.05, 4.69) is 46.3 Å². The maximum atomic E-state index is 12.2. The minimum atomic E-state index is -0.303. The molecule has 0 unspecified atom stereocenters. The Bertz CT molecular complexity index is 922. The van der Waals surface area contributed by atoms with Crippen molar-refractivity contribution in [3.63, 3.8) is 0 Å². The van der Waals surface area contributed by atoms with Crippen molar-refractivity contribution in [2.45, 2.75) is 25.9 Å². The molecule has 1 aromatic carbocycles. The number of aryl methyl sites for hydroxylation is 1. The topological polar surface area (TPSA) is 84.7 Å². The van der Waals surface area contributed by atoms with Crippen molar-refractivity contribution < 1.29 is 4.79 Å². The number of fused-ring (bicyclic) bond motifs is 2. The van der Waals surface area contributed by atoms with Gasteiger partial charge in [0.1, 0.15) is 10.4 Å². The molecule has 4 rings (SSSR count). The first-order valence-corrected chi connectivity index (χ1v) is 8.51. The zero-order valence-electron chi connectivity index (χ0n) is 12.8. The van der Waals surface area contributed by atoms with Gasteiger partial charge in [0.05, 0.1) is 17.7 Å². The summed E-state index contributed by atoms with van der Waals surface area (Å²) in [5.74, 6) is 1.78. The number of benzene rings is 1. The zero-order valence-corrected chi connectivity index (χ0v) is 14.4. The van der Waals surface area contributed by atoms with Crippen LogP contribution in [0, 0.1) is 0 Å². The number of rotatable bonds is 3. The molecule has 0 radical (unpaired) electrons. The Labute approximate surface area is 146 Å². The number of hydrogen-bond donors (Lipinski definition) is 2. The van der Waals surface area contributed by atoms with E-state index in [0.29, 0.717) is 16.8 Å². The number of nitrogens with zero attached hydrogens (tertiary/aromatic N) is 4. The summed E-state index contributed by atoms with van der Waals surface area (Å²) in [6, 6.07) is 9.34. The molecule has 7 nitrogen and oxygen atoms in total. The molecule has 2 amide bonds. The monoisotopic (exact) mass is 386 g/mol. The van der Waals surface area contributed by atoms with Crippen LogP contribution in [-0.4, -0.2) is 25.8 Å². The molecule has 3 heterocycles. The first-order chi connectivity index (χ1) is 11.7. The fourth-order valence-corrected chi connectivity index (χ4v) is 3.25. The Morgan fingerprint density at radius 2 is 2.17 bits per heavy atom. The second-order valence-corrected chi connectivity index (χ2v) is 6.37. The lowest BCUT2D eigenvalue weighted by molar-refractivity contribution is 0.251. The Kier molecular flexibility index (Phi) is 3.89. The Balaban J connectivity index is 1.45. The molecular weight excluding hydrogens is 372 g/mol. The van der Waals surface area contributed by atoms with Crippen LogP contribution >= 0.6 is 15.9 Å². The largest absolute Gasteiger partial charge is 0.331 e. The molecule has 8 heteroatoms. The van der Waals surface area contributed by atoms with Gasteiger partial charge in [0, 0.05) is 18.4 Å². The standard InChI is InChI=1S/C16H15BrN6O/c17-15-12(8-10-4-1-2-5-11(10)19-15)20-16(24)18-9-14-22-21-13-6-3-7-23(13)14/h1-2,4-5,8H,3,6-7,9H2,(H2,18,20,24). The van der Waals surface area contributed by atoms with Crippen molar-refractivity contribution in [1.29, 1.82) is 0 Å². The van der Waals surface area contributed by atoms with Crippen molar-refractivity contribution in [2.24, 2.45) is 0 Å². The van der Waals surface area contributed by atoms with E-state index < -0.39 is 0 Å².